The van der Waals surface area contributed by atoms with Gasteiger partial charge in [0.25, 0.3) is 0 Å². The summed E-state index contributed by atoms with van der Waals surface area (Å²) >= 11 is 5.25. The van der Waals surface area contributed by atoms with E-state index in [2.05, 4.69) is 35.8 Å². The smallest absolute Gasteiger partial charge is 0.178 e. The van der Waals surface area contributed by atoms with E-state index >= 15 is 0 Å². The Kier molecular flexibility index (Phi) is 1.66. The van der Waals surface area contributed by atoms with E-state index in [-0.39, 0.29) is 0 Å². The van der Waals surface area contributed by atoms with Gasteiger partial charge >= 0.3 is 0 Å². The van der Waals surface area contributed by atoms with E-state index in [1.165, 1.54) is 0 Å². The van der Waals surface area contributed by atoms with Crippen molar-refractivity contribution in [1.82, 2.24) is 14.9 Å². The van der Waals surface area contributed by atoms with Crippen molar-refractivity contribution in [1.29, 1.82) is 0 Å². The molecule has 0 aliphatic carbocycles. The highest BCUT2D eigenvalue weighted by atomic mass is 79.9. The first-order chi connectivity index (χ1) is 6.34. The largest absolute Gasteiger partial charge is 0.344 e. The van der Waals surface area contributed by atoms with Crippen molar-refractivity contribution in [2.45, 2.75) is 5.37 Å². The summed E-state index contributed by atoms with van der Waals surface area (Å²) in [6.07, 6.45) is 1.89. The molecular weight excluding hydrogens is 252 g/mol. The predicted octanol–water partition coefficient (Wildman–Crippen LogP) is 1.89. The van der Waals surface area contributed by atoms with Gasteiger partial charge in [0, 0.05) is 12.3 Å². The van der Waals surface area contributed by atoms with Gasteiger partial charge in [-0.1, -0.05) is 0 Å². The SMILES string of the molecule is Brc1nc2c([nH]1)C1SCCN1C=N2. The highest BCUT2D eigenvalue weighted by Gasteiger charge is 2.31. The minimum Gasteiger partial charge on any atom is -0.344 e. The number of hydrogen-bond donors (Lipinski definition) is 1. The van der Waals surface area contributed by atoms with Gasteiger partial charge in [-0.25, -0.2) is 9.98 Å². The first kappa shape index (κ1) is 7.87. The zero-order valence-corrected chi connectivity index (χ0v) is 9.10. The van der Waals surface area contributed by atoms with E-state index in [1.54, 1.807) is 0 Å². The van der Waals surface area contributed by atoms with Crippen molar-refractivity contribution in [3.63, 3.8) is 0 Å². The Labute approximate surface area is 88.0 Å². The molecular formula is C7H7BrN4S. The molecule has 2 aliphatic heterocycles. The van der Waals surface area contributed by atoms with Gasteiger partial charge in [-0.2, -0.15) is 0 Å². The van der Waals surface area contributed by atoms with Crippen LogP contribution in [-0.2, 0) is 0 Å². The van der Waals surface area contributed by atoms with Crippen molar-refractivity contribution >= 4 is 39.8 Å². The lowest BCUT2D eigenvalue weighted by molar-refractivity contribution is 0.452. The molecule has 0 saturated carbocycles. The Balaban J connectivity index is 2.12. The molecule has 1 unspecified atom stereocenters. The van der Waals surface area contributed by atoms with Crippen LogP contribution in [0.4, 0.5) is 5.82 Å². The first-order valence-electron chi connectivity index (χ1n) is 4.01. The molecule has 0 bridgehead atoms. The van der Waals surface area contributed by atoms with Crippen LogP contribution in [0.2, 0.25) is 0 Å². The number of nitrogens with zero attached hydrogens (tertiary/aromatic N) is 3. The predicted molar refractivity (Wildman–Crippen MR) is 56.3 cm³/mol. The van der Waals surface area contributed by atoms with Crippen molar-refractivity contribution in [2.75, 3.05) is 12.3 Å². The maximum Gasteiger partial charge on any atom is 0.178 e. The van der Waals surface area contributed by atoms with Gasteiger partial charge in [-0.3, -0.25) is 0 Å². The van der Waals surface area contributed by atoms with Gasteiger partial charge in [-0.15, -0.1) is 11.8 Å². The summed E-state index contributed by atoms with van der Waals surface area (Å²) in [6, 6.07) is 0. The summed E-state index contributed by atoms with van der Waals surface area (Å²) in [6.45, 7) is 1.08. The Morgan fingerprint density at radius 3 is 3.54 bits per heavy atom. The molecule has 3 heterocycles. The summed E-state index contributed by atoms with van der Waals surface area (Å²) < 4.78 is 0.768. The minimum absolute atomic E-state index is 0.395. The molecule has 1 atom stereocenters. The van der Waals surface area contributed by atoms with Crippen molar-refractivity contribution in [2.24, 2.45) is 4.99 Å². The first-order valence-corrected chi connectivity index (χ1v) is 5.86. The van der Waals surface area contributed by atoms with Crippen LogP contribution in [0, 0.1) is 0 Å². The molecule has 0 amide bonds. The number of thioether (sulfide) groups is 1. The lowest BCUT2D eigenvalue weighted by Gasteiger charge is -2.22. The van der Waals surface area contributed by atoms with E-state index in [0.29, 0.717) is 5.37 Å². The highest BCUT2D eigenvalue weighted by Crippen LogP contribution is 2.42. The Morgan fingerprint density at radius 1 is 1.69 bits per heavy atom. The molecule has 0 radical (unpaired) electrons. The second kappa shape index (κ2) is 2.75. The van der Waals surface area contributed by atoms with E-state index < -0.39 is 0 Å². The number of aromatic nitrogens is 2. The summed E-state index contributed by atoms with van der Waals surface area (Å²) in [5.41, 5.74) is 1.12. The van der Waals surface area contributed by atoms with Gasteiger partial charge in [0.15, 0.2) is 10.6 Å². The third-order valence-corrected chi connectivity index (χ3v) is 3.80. The lowest BCUT2D eigenvalue weighted by atomic mass is 10.3. The topological polar surface area (TPSA) is 44.3 Å². The number of aromatic amines is 1. The molecule has 13 heavy (non-hydrogen) atoms. The van der Waals surface area contributed by atoms with E-state index in [4.69, 9.17) is 0 Å². The standard InChI is InChI=1S/C7H7BrN4S/c8-7-10-4-5(11-7)9-3-12-1-2-13-6(4)12/h3,6H,1-2H2,(H,10,11). The van der Waals surface area contributed by atoms with Crippen LogP contribution < -0.4 is 0 Å². The number of hydrogen-bond acceptors (Lipinski definition) is 4. The molecule has 6 heteroatoms. The third kappa shape index (κ3) is 1.12. The van der Waals surface area contributed by atoms with Crippen molar-refractivity contribution in [3.05, 3.63) is 10.4 Å². The average molecular weight is 259 g/mol. The third-order valence-electron chi connectivity index (χ3n) is 2.18. The maximum atomic E-state index is 4.27. The van der Waals surface area contributed by atoms with Crippen LogP contribution in [0.1, 0.15) is 11.1 Å². The zero-order valence-electron chi connectivity index (χ0n) is 6.70. The van der Waals surface area contributed by atoms with Gasteiger partial charge in [0.05, 0.1) is 12.0 Å². The second-order valence-electron chi connectivity index (χ2n) is 2.97. The number of aliphatic imine (C=N–C) groups is 1. The highest BCUT2D eigenvalue weighted by molar-refractivity contribution is 9.10. The monoisotopic (exact) mass is 258 g/mol. The number of fused-ring (bicyclic) bond motifs is 3. The molecule has 1 aromatic heterocycles. The molecule has 0 aromatic carbocycles. The number of imidazole rings is 1. The van der Waals surface area contributed by atoms with Crippen LogP contribution >= 0.6 is 27.7 Å². The summed E-state index contributed by atoms with van der Waals surface area (Å²) in [7, 11) is 0. The molecule has 1 fully saturated rings. The Morgan fingerprint density at radius 2 is 2.62 bits per heavy atom. The number of rotatable bonds is 0. The van der Waals surface area contributed by atoms with E-state index in [1.807, 2.05) is 18.1 Å². The fourth-order valence-corrected chi connectivity index (χ4v) is 3.20. The molecule has 3 rings (SSSR count). The summed E-state index contributed by atoms with van der Waals surface area (Å²) in [5.74, 6) is 1.98. The van der Waals surface area contributed by atoms with Crippen LogP contribution in [0.25, 0.3) is 0 Å². The normalized spacial score (nSPS) is 24.7. The number of H-pyrrole nitrogens is 1. The quantitative estimate of drug-likeness (QED) is 0.773. The van der Waals surface area contributed by atoms with Gasteiger partial charge in [0.1, 0.15) is 5.37 Å². The molecule has 1 N–H and O–H groups in total. The van der Waals surface area contributed by atoms with Crippen LogP contribution in [-0.4, -0.2) is 33.5 Å². The maximum absolute atomic E-state index is 4.27. The summed E-state index contributed by atoms with van der Waals surface area (Å²) in [5, 5.41) is 0.395. The molecule has 1 aromatic rings. The van der Waals surface area contributed by atoms with Crippen LogP contribution in [0.5, 0.6) is 0 Å². The molecule has 1 saturated heterocycles. The summed E-state index contributed by atoms with van der Waals surface area (Å²) in [4.78, 5) is 13.9. The number of halogens is 1. The van der Waals surface area contributed by atoms with Gasteiger partial charge in [-0.05, 0) is 15.9 Å². The molecule has 0 spiro atoms. The number of nitrogens with one attached hydrogen (secondary N) is 1. The zero-order chi connectivity index (χ0) is 8.84. The van der Waals surface area contributed by atoms with Crippen LogP contribution in [0.15, 0.2) is 9.73 Å². The van der Waals surface area contributed by atoms with E-state index in [0.717, 1.165) is 28.5 Å². The van der Waals surface area contributed by atoms with Crippen molar-refractivity contribution in [3.8, 4) is 0 Å². The lowest BCUT2D eigenvalue weighted by Crippen LogP contribution is -2.23. The fraction of sp³-hybridized carbons (Fsp3) is 0.429. The average Bonchev–Trinajstić information content (AvgIpc) is 2.65. The van der Waals surface area contributed by atoms with Gasteiger partial charge in [0.2, 0.25) is 0 Å². The molecule has 4 nitrogen and oxygen atoms in total. The second-order valence-corrected chi connectivity index (χ2v) is 4.91. The Bertz CT molecular complexity index is 375. The Hall–Kier alpha value is -0.490. The van der Waals surface area contributed by atoms with Gasteiger partial charge < -0.3 is 9.88 Å². The molecule has 2 aliphatic rings. The van der Waals surface area contributed by atoms with Crippen molar-refractivity contribution < 1.29 is 0 Å². The minimum atomic E-state index is 0.395. The fourth-order valence-electron chi connectivity index (χ4n) is 1.60. The van der Waals surface area contributed by atoms with E-state index in [9.17, 15) is 0 Å². The van der Waals surface area contributed by atoms with Crippen LogP contribution in [0.3, 0.4) is 0 Å². The molecule has 68 valence electrons.